The Labute approximate surface area is 123 Å². The number of anilines is 2. The molecule has 6 heteroatoms. The summed E-state index contributed by atoms with van der Waals surface area (Å²) in [5, 5.41) is 6.63. The van der Waals surface area contributed by atoms with Crippen molar-refractivity contribution in [1.29, 1.82) is 0 Å². The van der Waals surface area contributed by atoms with Gasteiger partial charge in [-0.05, 0) is 48.3 Å². The van der Waals surface area contributed by atoms with Crippen molar-refractivity contribution < 1.29 is 0 Å². The highest BCUT2D eigenvalue weighted by Gasteiger charge is 2.19. The van der Waals surface area contributed by atoms with Crippen LogP contribution in [0.5, 0.6) is 0 Å². The number of hydrogen-bond acceptors (Lipinski definition) is 5. The molecule has 1 aliphatic heterocycles. The molecule has 5 nitrogen and oxygen atoms in total. The van der Waals surface area contributed by atoms with E-state index in [1.54, 1.807) is 6.20 Å². The third kappa shape index (κ3) is 4.31. The van der Waals surface area contributed by atoms with Gasteiger partial charge in [0.2, 0.25) is 5.95 Å². The van der Waals surface area contributed by atoms with Gasteiger partial charge in [0.25, 0.3) is 0 Å². The van der Waals surface area contributed by atoms with Gasteiger partial charge in [0.15, 0.2) is 0 Å². The van der Waals surface area contributed by atoms with Gasteiger partial charge in [0.05, 0.1) is 4.47 Å². The first-order chi connectivity index (χ1) is 9.19. The van der Waals surface area contributed by atoms with Crippen molar-refractivity contribution in [3.63, 3.8) is 0 Å². The molecular weight excluding hydrogens is 306 g/mol. The molecule has 19 heavy (non-hydrogen) atoms. The zero-order chi connectivity index (χ0) is 13.7. The normalized spacial score (nSPS) is 19.6. The Morgan fingerprint density at radius 3 is 3.00 bits per heavy atom. The van der Waals surface area contributed by atoms with E-state index >= 15 is 0 Å². The van der Waals surface area contributed by atoms with Crippen molar-refractivity contribution in [3.05, 3.63) is 10.7 Å². The van der Waals surface area contributed by atoms with E-state index in [-0.39, 0.29) is 0 Å². The Morgan fingerprint density at radius 1 is 1.47 bits per heavy atom. The van der Waals surface area contributed by atoms with Crippen LogP contribution in [0.15, 0.2) is 10.7 Å². The Bertz CT molecular complexity index is 412. The fraction of sp³-hybridized carbons (Fsp3) is 0.692. The fourth-order valence-electron chi connectivity index (χ4n) is 2.25. The summed E-state index contributed by atoms with van der Waals surface area (Å²) in [5.74, 6) is 2.28. The van der Waals surface area contributed by atoms with Crippen molar-refractivity contribution in [2.75, 3.05) is 43.9 Å². The first-order valence-corrected chi connectivity index (χ1v) is 7.67. The SMILES string of the molecule is CCCNc1ncc(Br)c(NCC2CCN(C)C2)n1. The lowest BCUT2D eigenvalue weighted by Crippen LogP contribution is -2.20. The summed E-state index contributed by atoms with van der Waals surface area (Å²) in [4.78, 5) is 11.1. The van der Waals surface area contributed by atoms with E-state index in [2.05, 4.69) is 55.4 Å². The Hall–Kier alpha value is -0.880. The maximum atomic E-state index is 4.50. The summed E-state index contributed by atoms with van der Waals surface area (Å²) in [6, 6.07) is 0. The third-order valence-electron chi connectivity index (χ3n) is 3.32. The molecule has 106 valence electrons. The molecule has 0 spiro atoms. The molecule has 0 radical (unpaired) electrons. The zero-order valence-electron chi connectivity index (χ0n) is 11.6. The largest absolute Gasteiger partial charge is 0.369 e. The summed E-state index contributed by atoms with van der Waals surface area (Å²) < 4.78 is 0.918. The van der Waals surface area contributed by atoms with Crippen LogP contribution in [0, 0.1) is 5.92 Å². The Morgan fingerprint density at radius 2 is 2.32 bits per heavy atom. The molecule has 0 aromatic carbocycles. The fourth-order valence-corrected chi connectivity index (χ4v) is 2.58. The molecule has 0 amide bonds. The van der Waals surface area contributed by atoms with Crippen LogP contribution >= 0.6 is 15.9 Å². The Balaban J connectivity index is 1.91. The quantitative estimate of drug-likeness (QED) is 0.840. The van der Waals surface area contributed by atoms with Crippen molar-refractivity contribution in [2.45, 2.75) is 19.8 Å². The summed E-state index contributed by atoms with van der Waals surface area (Å²) in [6.45, 7) is 6.35. The van der Waals surface area contributed by atoms with Gasteiger partial charge in [-0.2, -0.15) is 4.98 Å². The maximum absolute atomic E-state index is 4.50. The smallest absolute Gasteiger partial charge is 0.224 e. The number of hydrogen-bond donors (Lipinski definition) is 2. The van der Waals surface area contributed by atoms with Crippen LogP contribution in [-0.2, 0) is 0 Å². The van der Waals surface area contributed by atoms with Crippen LogP contribution in [0.25, 0.3) is 0 Å². The van der Waals surface area contributed by atoms with Gasteiger partial charge in [-0.15, -0.1) is 0 Å². The molecule has 2 N–H and O–H groups in total. The zero-order valence-corrected chi connectivity index (χ0v) is 13.2. The lowest BCUT2D eigenvalue weighted by molar-refractivity contribution is 0.399. The van der Waals surface area contributed by atoms with Gasteiger partial charge in [-0.1, -0.05) is 6.92 Å². The lowest BCUT2D eigenvalue weighted by Gasteiger charge is -2.14. The average Bonchev–Trinajstić information content (AvgIpc) is 2.82. The third-order valence-corrected chi connectivity index (χ3v) is 3.90. The molecule has 1 unspecified atom stereocenters. The standard InChI is InChI=1S/C13H22BrN5/c1-3-5-15-13-17-8-11(14)12(18-13)16-7-10-4-6-19(2)9-10/h8,10H,3-7,9H2,1-2H3,(H2,15,16,17,18). The minimum Gasteiger partial charge on any atom is -0.369 e. The topological polar surface area (TPSA) is 53.1 Å². The molecular formula is C13H22BrN5. The summed E-state index contributed by atoms with van der Waals surface area (Å²) in [7, 11) is 2.17. The second-order valence-electron chi connectivity index (χ2n) is 5.11. The predicted octanol–water partition coefficient (Wildman–Crippen LogP) is 2.42. The number of nitrogens with one attached hydrogen (secondary N) is 2. The minimum absolute atomic E-state index is 0.691. The van der Waals surface area contributed by atoms with Crippen LogP contribution in [0.3, 0.4) is 0 Å². The molecule has 2 rings (SSSR count). The average molecular weight is 328 g/mol. The number of rotatable bonds is 6. The Kier molecular flexibility index (Phi) is 5.39. The first-order valence-electron chi connectivity index (χ1n) is 6.88. The molecule has 2 heterocycles. The van der Waals surface area contributed by atoms with E-state index in [1.807, 2.05) is 0 Å². The van der Waals surface area contributed by atoms with E-state index in [4.69, 9.17) is 0 Å². The van der Waals surface area contributed by atoms with Gasteiger partial charge >= 0.3 is 0 Å². The first kappa shape index (κ1) is 14.5. The van der Waals surface area contributed by atoms with Crippen LogP contribution in [0.1, 0.15) is 19.8 Å². The van der Waals surface area contributed by atoms with Crippen molar-refractivity contribution >= 4 is 27.7 Å². The van der Waals surface area contributed by atoms with Gasteiger partial charge in [-0.25, -0.2) is 4.98 Å². The molecule has 1 aliphatic rings. The second-order valence-corrected chi connectivity index (χ2v) is 5.97. The highest BCUT2D eigenvalue weighted by molar-refractivity contribution is 9.10. The van der Waals surface area contributed by atoms with Crippen molar-refractivity contribution in [3.8, 4) is 0 Å². The second kappa shape index (κ2) is 7.05. The van der Waals surface area contributed by atoms with Gasteiger partial charge < -0.3 is 15.5 Å². The molecule has 0 saturated carbocycles. The van der Waals surface area contributed by atoms with E-state index in [0.29, 0.717) is 11.9 Å². The lowest BCUT2D eigenvalue weighted by atomic mass is 10.1. The minimum atomic E-state index is 0.691. The molecule has 1 atom stereocenters. The molecule has 0 bridgehead atoms. The number of aromatic nitrogens is 2. The van der Waals surface area contributed by atoms with Gasteiger partial charge in [0, 0.05) is 25.8 Å². The monoisotopic (exact) mass is 327 g/mol. The van der Waals surface area contributed by atoms with Gasteiger partial charge in [-0.3, -0.25) is 0 Å². The highest BCUT2D eigenvalue weighted by Crippen LogP contribution is 2.22. The van der Waals surface area contributed by atoms with E-state index < -0.39 is 0 Å². The molecule has 0 aliphatic carbocycles. The highest BCUT2D eigenvalue weighted by atomic mass is 79.9. The predicted molar refractivity (Wildman–Crippen MR) is 82.6 cm³/mol. The molecule has 1 saturated heterocycles. The van der Waals surface area contributed by atoms with E-state index in [0.717, 1.165) is 36.3 Å². The summed E-state index contributed by atoms with van der Waals surface area (Å²) in [6.07, 6.45) is 4.12. The van der Waals surface area contributed by atoms with Crippen LogP contribution in [-0.4, -0.2) is 48.1 Å². The van der Waals surface area contributed by atoms with Crippen molar-refractivity contribution in [2.24, 2.45) is 5.92 Å². The van der Waals surface area contributed by atoms with E-state index in [9.17, 15) is 0 Å². The number of nitrogens with zero attached hydrogens (tertiary/aromatic N) is 3. The molecule has 1 fully saturated rings. The van der Waals surface area contributed by atoms with Crippen LogP contribution < -0.4 is 10.6 Å². The van der Waals surface area contributed by atoms with Gasteiger partial charge in [0.1, 0.15) is 5.82 Å². The number of likely N-dealkylation sites (tertiary alicyclic amines) is 1. The maximum Gasteiger partial charge on any atom is 0.224 e. The van der Waals surface area contributed by atoms with Crippen LogP contribution in [0.4, 0.5) is 11.8 Å². The van der Waals surface area contributed by atoms with Crippen molar-refractivity contribution in [1.82, 2.24) is 14.9 Å². The summed E-state index contributed by atoms with van der Waals surface area (Å²) >= 11 is 3.49. The molecule has 1 aromatic heterocycles. The van der Waals surface area contributed by atoms with E-state index in [1.165, 1.54) is 13.0 Å². The van der Waals surface area contributed by atoms with Crippen LogP contribution in [0.2, 0.25) is 0 Å². The summed E-state index contributed by atoms with van der Waals surface area (Å²) in [5.41, 5.74) is 0. The molecule has 1 aromatic rings. The number of halogens is 1.